The van der Waals surface area contributed by atoms with Gasteiger partial charge >= 0.3 is 0 Å². The summed E-state index contributed by atoms with van der Waals surface area (Å²) in [5.41, 5.74) is 1.18. The molecule has 0 bridgehead atoms. The van der Waals surface area contributed by atoms with Crippen LogP contribution in [0.4, 0.5) is 5.69 Å². The average Bonchev–Trinajstić information content (AvgIpc) is 2.47. The summed E-state index contributed by atoms with van der Waals surface area (Å²) in [7, 11) is 0. The Bertz CT molecular complexity index is 529. The minimum absolute atomic E-state index is 0.0161. The van der Waals surface area contributed by atoms with E-state index in [2.05, 4.69) is 21.2 Å². The molecule has 5 heteroatoms. The molecule has 1 aromatic carbocycles. The molecule has 0 heterocycles. The summed E-state index contributed by atoms with van der Waals surface area (Å²) in [6.07, 6.45) is 1.25. The number of nitrogens with one attached hydrogen (secondary N) is 1. The van der Waals surface area contributed by atoms with Crippen molar-refractivity contribution < 1.29 is 14.3 Å². The van der Waals surface area contributed by atoms with E-state index in [0.717, 1.165) is 6.42 Å². The summed E-state index contributed by atoms with van der Waals surface area (Å²) in [4.78, 5) is 23.9. The fraction of sp³-hybridized carbons (Fsp3) is 0.529. The summed E-state index contributed by atoms with van der Waals surface area (Å²) in [5.74, 6) is 0.693. The van der Waals surface area contributed by atoms with Crippen molar-refractivity contribution in [2.24, 2.45) is 5.92 Å². The number of anilines is 1. The van der Waals surface area contributed by atoms with Crippen LogP contribution in [0.1, 0.15) is 50.9 Å². The minimum Gasteiger partial charge on any atom is -0.492 e. The highest BCUT2D eigenvalue weighted by Gasteiger charge is 2.21. The Morgan fingerprint density at radius 2 is 1.95 bits per heavy atom. The number of Topliss-reactive ketones (excluding diaryl/α,β-unsaturated/α-hetero) is 1. The summed E-state index contributed by atoms with van der Waals surface area (Å²) < 4.78 is 5.56. The molecule has 22 heavy (non-hydrogen) atoms. The smallest absolute Gasteiger partial charge is 0.224 e. The average molecular weight is 370 g/mol. The Balaban J connectivity index is 3.03. The highest BCUT2D eigenvalue weighted by molar-refractivity contribution is 9.10. The Labute approximate surface area is 140 Å². The monoisotopic (exact) mass is 369 g/mol. The number of halogens is 1. The van der Waals surface area contributed by atoms with Crippen LogP contribution in [0.25, 0.3) is 0 Å². The molecule has 4 nitrogen and oxygen atoms in total. The van der Waals surface area contributed by atoms with Crippen molar-refractivity contribution in [3.63, 3.8) is 0 Å². The zero-order valence-electron chi connectivity index (χ0n) is 13.6. The standard InChI is InChI=1S/C17H24BrNO3/c1-5-7-15(20)19-13-9-8-12(10-14(13)22-6-2)17(21)16(18)11(3)4/h8-11,16H,5-7H2,1-4H3,(H,19,20). The third-order valence-electron chi connectivity index (χ3n) is 3.15. The quantitative estimate of drug-likeness (QED) is 0.544. The van der Waals surface area contributed by atoms with Crippen LogP contribution in [0.2, 0.25) is 0 Å². The lowest BCUT2D eigenvalue weighted by atomic mass is 10.0. The van der Waals surface area contributed by atoms with Gasteiger partial charge in [0.15, 0.2) is 5.78 Å². The van der Waals surface area contributed by atoms with E-state index < -0.39 is 0 Å². The molecule has 0 radical (unpaired) electrons. The molecule has 1 rings (SSSR count). The van der Waals surface area contributed by atoms with Gasteiger partial charge in [0.2, 0.25) is 5.91 Å². The van der Waals surface area contributed by atoms with E-state index in [1.807, 2.05) is 27.7 Å². The van der Waals surface area contributed by atoms with Gasteiger partial charge in [-0.2, -0.15) is 0 Å². The third-order valence-corrected chi connectivity index (χ3v) is 4.63. The molecular formula is C17H24BrNO3. The molecule has 0 fully saturated rings. The number of rotatable bonds is 8. The first kappa shape index (κ1) is 18.7. The maximum atomic E-state index is 12.4. The Morgan fingerprint density at radius 3 is 2.50 bits per heavy atom. The highest BCUT2D eigenvalue weighted by Crippen LogP contribution is 2.28. The summed E-state index contributed by atoms with van der Waals surface area (Å²) >= 11 is 3.43. The van der Waals surface area contributed by atoms with E-state index in [-0.39, 0.29) is 22.4 Å². The zero-order chi connectivity index (χ0) is 16.7. The molecule has 1 unspecified atom stereocenters. The maximum absolute atomic E-state index is 12.4. The fourth-order valence-electron chi connectivity index (χ4n) is 1.96. The fourth-order valence-corrected chi connectivity index (χ4v) is 2.22. The number of carbonyl (C=O) groups is 2. The first-order valence-electron chi connectivity index (χ1n) is 7.65. The van der Waals surface area contributed by atoms with Gasteiger partial charge in [-0.15, -0.1) is 0 Å². The number of benzene rings is 1. The number of carbonyl (C=O) groups excluding carboxylic acids is 2. The van der Waals surface area contributed by atoms with E-state index in [0.29, 0.717) is 30.0 Å². The molecule has 0 aliphatic heterocycles. The van der Waals surface area contributed by atoms with Gasteiger partial charge in [0.05, 0.1) is 17.1 Å². The van der Waals surface area contributed by atoms with Gasteiger partial charge < -0.3 is 10.1 Å². The largest absolute Gasteiger partial charge is 0.492 e. The number of hydrogen-bond acceptors (Lipinski definition) is 3. The number of alkyl halides is 1. The van der Waals surface area contributed by atoms with Crippen molar-refractivity contribution in [3.05, 3.63) is 23.8 Å². The number of ether oxygens (including phenoxy) is 1. The Hall–Kier alpha value is -1.36. The van der Waals surface area contributed by atoms with Crippen LogP contribution in [-0.4, -0.2) is 23.1 Å². The summed E-state index contributed by atoms with van der Waals surface area (Å²) in [5, 5.41) is 2.83. The van der Waals surface area contributed by atoms with Crippen molar-refractivity contribution in [1.82, 2.24) is 0 Å². The molecule has 0 saturated carbocycles. The predicted molar refractivity (Wildman–Crippen MR) is 93.0 cm³/mol. The second-order valence-electron chi connectivity index (χ2n) is 5.45. The van der Waals surface area contributed by atoms with E-state index in [9.17, 15) is 9.59 Å². The van der Waals surface area contributed by atoms with Crippen molar-refractivity contribution in [3.8, 4) is 5.75 Å². The van der Waals surface area contributed by atoms with Gasteiger partial charge in [0.1, 0.15) is 5.75 Å². The van der Waals surface area contributed by atoms with E-state index in [4.69, 9.17) is 4.74 Å². The number of hydrogen-bond donors (Lipinski definition) is 1. The van der Waals surface area contributed by atoms with Crippen molar-refractivity contribution in [1.29, 1.82) is 0 Å². The number of ketones is 1. The van der Waals surface area contributed by atoms with Crippen LogP contribution in [-0.2, 0) is 4.79 Å². The molecule has 1 atom stereocenters. The van der Waals surface area contributed by atoms with Gasteiger partial charge in [-0.1, -0.05) is 36.7 Å². The lowest BCUT2D eigenvalue weighted by molar-refractivity contribution is -0.116. The van der Waals surface area contributed by atoms with Crippen LogP contribution in [0.5, 0.6) is 5.75 Å². The third kappa shape index (κ3) is 5.13. The molecular weight excluding hydrogens is 346 g/mol. The maximum Gasteiger partial charge on any atom is 0.224 e. The molecule has 0 saturated heterocycles. The molecule has 122 valence electrons. The second kappa shape index (κ2) is 8.93. The van der Waals surface area contributed by atoms with Crippen LogP contribution >= 0.6 is 15.9 Å². The molecule has 0 aliphatic carbocycles. The van der Waals surface area contributed by atoms with Gasteiger partial charge in [-0.05, 0) is 37.5 Å². The van der Waals surface area contributed by atoms with Crippen molar-refractivity contribution >= 4 is 33.3 Å². The van der Waals surface area contributed by atoms with Gasteiger partial charge in [-0.25, -0.2) is 0 Å². The second-order valence-corrected chi connectivity index (χ2v) is 6.44. The van der Waals surface area contributed by atoms with Crippen LogP contribution in [0, 0.1) is 5.92 Å². The van der Waals surface area contributed by atoms with Crippen LogP contribution < -0.4 is 10.1 Å². The molecule has 0 aliphatic rings. The minimum atomic E-state index is -0.234. The zero-order valence-corrected chi connectivity index (χ0v) is 15.2. The van der Waals surface area contributed by atoms with Crippen LogP contribution in [0.15, 0.2) is 18.2 Å². The summed E-state index contributed by atoms with van der Waals surface area (Å²) in [6, 6.07) is 5.15. The van der Waals surface area contributed by atoms with E-state index in [1.54, 1.807) is 18.2 Å². The Kier molecular flexibility index (Phi) is 7.59. The number of amides is 1. The molecule has 1 N–H and O–H groups in total. The molecule has 1 amide bonds. The van der Waals surface area contributed by atoms with Gasteiger partial charge in [0.25, 0.3) is 0 Å². The predicted octanol–water partition coefficient (Wildman–Crippen LogP) is 4.43. The van der Waals surface area contributed by atoms with E-state index in [1.165, 1.54) is 0 Å². The molecule has 0 spiro atoms. The van der Waals surface area contributed by atoms with Crippen molar-refractivity contribution in [2.45, 2.75) is 45.4 Å². The van der Waals surface area contributed by atoms with E-state index >= 15 is 0 Å². The van der Waals surface area contributed by atoms with Gasteiger partial charge in [-0.3, -0.25) is 9.59 Å². The SMILES string of the molecule is CCCC(=O)Nc1ccc(C(=O)C(Br)C(C)C)cc1OCC. The summed E-state index contributed by atoms with van der Waals surface area (Å²) in [6.45, 7) is 8.26. The molecule has 0 aromatic heterocycles. The van der Waals surface area contributed by atoms with Crippen molar-refractivity contribution in [2.75, 3.05) is 11.9 Å². The highest BCUT2D eigenvalue weighted by atomic mass is 79.9. The molecule has 1 aromatic rings. The lowest BCUT2D eigenvalue weighted by Gasteiger charge is -2.16. The first-order chi connectivity index (χ1) is 10.4. The van der Waals surface area contributed by atoms with Gasteiger partial charge in [0, 0.05) is 12.0 Å². The normalized spacial score (nSPS) is 12.1. The first-order valence-corrected chi connectivity index (χ1v) is 8.57. The lowest BCUT2D eigenvalue weighted by Crippen LogP contribution is -2.20. The topological polar surface area (TPSA) is 55.4 Å². The Morgan fingerprint density at radius 1 is 1.27 bits per heavy atom. The van der Waals surface area contributed by atoms with Crippen LogP contribution in [0.3, 0.4) is 0 Å².